The number of halogens is 1. The van der Waals surface area contributed by atoms with Gasteiger partial charge in [-0.1, -0.05) is 65.5 Å². The second kappa shape index (κ2) is 9.52. The van der Waals surface area contributed by atoms with Gasteiger partial charge in [0.1, 0.15) is 0 Å². The standard InChI is InChI=1S/C15H18ClN3OS3/c1-3-7-21-14-18-19-15(23-14)22-9-13(20)17-10(2)11-5-4-6-12(16)8-11/h4-6,8,10H,3,7,9H2,1-2H3,(H,17,20)/t10-/m1/s1. The molecule has 0 aliphatic heterocycles. The molecule has 0 spiro atoms. The Morgan fingerprint density at radius 2 is 2.09 bits per heavy atom. The highest BCUT2D eigenvalue weighted by atomic mass is 35.5. The van der Waals surface area contributed by atoms with E-state index in [0.717, 1.165) is 26.4 Å². The van der Waals surface area contributed by atoms with Gasteiger partial charge >= 0.3 is 0 Å². The average Bonchev–Trinajstić information content (AvgIpc) is 2.99. The van der Waals surface area contributed by atoms with Crippen molar-refractivity contribution in [3.63, 3.8) is 0 Å². The second-order valence-electron chi connectivity index (χ2n) is 4.82. The maximum absolute atomic E-state index is 12.1. The Hall–Kier alpha value is -0.760. The van der Waals surface area contributed by atoms with Crippen molar-refractivity contribution in [2.24, 2.45) is 0 Å². The molecule has 1 aromatic carbocycles. The summed E-state index contributed by atoms with van der Waals surface area (Å²) in [5.41, 5.74) is 0.991. The lowest BCUT2D eigenvalue weighted by Gasteiger charge is -2.14. The zero-order chi connectivity index (χ0) is 16.7. The Balaban J connectivity index is 1.79. The van der Waals surface area contributed by atoms with Gasteiger partial charge in [0.05, 0.1) is 11.8 Å². The SMILES string of the molecule is CCCSc1nnc(SCC(=O)N[C@H](C)c2cccc(Cl)c2)s1. The van der Waals surface area contributed by atoms with Crippen LogP contribution in [0.2, 0.25) is 5.02 Å². The number of nitrogens with one attached hydrogen (secondary N) is 1. The fourth-order valence-corrected chi connectivity index (χ4v) is 4.73. The van der Waals surface area contributed by atoms with Crippen molar-refractivity contribution in [2.75, 3.05) is 11.5 Å². The second-order valence-corrected chi connectivity index (χ2v) is 8.79. The molecule has 1 atom stereocenters. The van der Waals surface area contributed by atoms with Crippen LogP contribution in [-0.4, -0.2) is 27.6 Å². The first-order valence-corrected chi connectivity index (χ1v) is 10.4. The molecule has 1 N–H and O–H groups in total. The summed E-state index contributed by atoms with van der Waals surface area (Å²) in [6, 6.07) is 7.44. The van der Waals surface area contributed by atoms with Crippen molar-refractivity contribution in [1.29, 1.82) is 0 Å². The quantitative estimate of drug-likeness (QED) is 0.667. The van der Waals surface area contributed by atoms with Gasteiger partial charge in [-0.05, 0) is 31.0 Å². The van der Waals surface area contributed by atoms with Crippen LogP contribution in [0.15, 0.2) is 32.9 Å². The van der Waals surface area contributed by atoms with E-state index in [4.69, 9.17) is 11.6 Å². The fourth-order valence-electron chi connectivity index (χ4n) is 1.77. The van der Waals surface area contributed by atoms with E-state index in [1.807, 2.05) is 31.2 Å². The maximum atomic E-state index is 12.1. The Morgan fingerprint density at radius 3 is 2.78 bits per heavy atom. The molecule has 2 rings (SSSR count). The molecule has 124 valence electrons. The Labute approximate surface area is 153 Å². The number of hydrogen-bond acceptors (Lipinski definition) is 6. The fraction of sp³-hybridized carbons (Fsp3) is 0.400. The predicted molar refractivity (Wildman–Crippen MR) is 99.7 cm³/mol. The molecular formula is C15H18ClN3OS3. The smallest absolute Gasteiger partial charge is 0.230 e. The van der Waals surface area contributed by atoms with Gasteiger partial charge in [0.25, 0.3) is 0 Å². The molecule has 23 heavy (non-hydrogen) atoms. The van der Waals surface area contributed by atoms with E-state index in [2.05, 4.69) is 22.4 Å². The highest BCUT2D eigenvalue weighted by Crippen LogP contribution is 2.29. The molecule has 0 radical (unpaired) electrons. The molecular weight excluding hydrogens is 370 g/mol. The third-order valence-corrected chi connectivity index (χ3v) is 6.50. The normalized spacial score (nSPS) is 12.1. The van der Waals surface area contributed by atoms with E-state index in [1.54, 1.807) is 11.8 Å². The van der Waals surface area contributed by atoms with Gasteiger partial charge in [-0.3, -0.25) is 4.79 Å². The van der Waals surface area contributed by atoms with Crippen molar-refractivity contribution < 1.29 is 4.79 Å². The highest BCUT2D eigenvalue weighted by molar-refractivity contribution is 8.03. The number of nitrogens with zero attached hydrogens (tertiary/aromatic N) is 2. The summed E-state index contributed by atoms with van der Waals surface area (Å²) < 4.78 is 1.79. The Kier molecular flexibility index (Phi) is 7.69. The van der Waals surface area contributed by atoms with Gasteiger partial charge in [0.15, 0.2) is 8.68 Å². The summed E-state index contributed by atoms with van der Waals surface area (Å²) in [5.74, 6) is 1.34. The minimum absolute atomic E-state index is 0.0274. The van der Waals surface area contributed by atoms with Crippen molar-refractivity contribution in [3.8, 4) is 0 Å². The third-order valence-electron chi connectivity index (χ3n) is 2.87. The lowest BCUT2D eigenvalue weighted by Crippen LogP contribution is -2.28. The van der Waals surface area contributed by atoms with Gasteiger partial charge in [0, 0.05) is 10.8 Å². The summed E-state index contributed by atoms with van der Waals surface area (Å²) in [6.07, 6.45) is 1.11. The van der Waals surface area contributed by atoms with E-state index in [-0.39, 0.29) is 11.9 Å². The van der Waals surface area contributed by atoms with E-state index in [9.17, 15) is 4.79 Å². The number of rotatable bonds is 8. The van der Waals surface area contributed by atoms with Crippen LogP contribution < -0.4 is 5.32 Å². The summed E-state index contributed by atoms with van der Waals surface area (Å²) in [7, 11) is 0. The lowest BCUT2D eigenvalue weighted by molar-refractivity contribution is -0.119. The molecule has 0 unspecified atom stereocenters. The minimum Gasteiger partial charge on any atom is -0.349 e. The highest BCUT2D eigenvalue weighted by Gasteiger charge is 2.12. The summed E-state index contributed by atoms with van der Waals surface area (Å²) in [4.78, 5) is 12.1. The number of benzene rings is 1. The van der Waals surface area contributed by atoms with E-state index in [1.165, 1.54) is 23.1 Å². The van der Waals surface area contributed by atoms with Crippen LogP contribution in [0.3, 0.4) is 0 Å². The van der Waals surface area contributed by atoms with Crippen LogP contribution in [0.5, 0.6) is 0 Å². The molecule has 0 aliphatic carbocycles. The van der Waals surface area contributed by atoms with Crippen molar-refractivity contribution in [1.82, 2.24) is 15.5 Å². The molecule has 4 nitrogen and oxygen atoms in total. The maximum Gasteiger partial charge on any atom is 0.230 e. The topological polar surface area (TPSA) is 54.9 Å². The van der Waals surface area contributed by atoms with Gasteiger partial charge in [-0.2, -0.15) is 0 Å². The zero-order valence-corrected chi connectivity index (χ0v) is 16.1. The largest absolute Gasteiger partial charge is 0.349 e. The third kappa shape index (κ3) is 6.33. The molecule has 0 bridgehead atoms. The van der Waals surface area contributed by atoms with Crippen LogP contribution in [0.25, 0.3) is 0 Å². The van der Waals surface area contributed by atoms with E-state index >= 15 is 0 Å². The first-order valence-electron chi connectivity index (χ1n) is 7.22. The molecule has 1 heterocycles. The van der Waals surface area contributed by atoms with Crippen molar-refractivity contribution in [2.45, 2.75) is 35.0 Å². The Morgan fingerprint density at radius 1 is 1.35 bits per heavy atom. The molecule has 0 saturated heterocycles. The van der Waals surface area contributed by atoms with Crippen LogP contribution in [-0.2, 0) is 4.79 Å². The molecule has 1 aromatic heterocycles. The average molecular weight is 388 g/mol. The number of carbonyl (C=O) groups is 1. The molecule has 8 heteroatoms. The number of thioether (sulfide) groups is 2. The van der Waals surface area contributed by atoms with Crippen LogP contribution in [0.4, 0.5) is 0 Å². The van der Waals surface area contributed by atoms with E-state index in [0.29, 0.717) is 10.8 Å². The summed E-state index contributed by atoms with van der Waals surface area (Å²) in [5, 5.41) is 11.9. The number of aromatic nitrogens is 2. The Bertz CT molecular complexity index is 650. The molecule has 0 fully saturated rings. The first-order chi connectivity index (χ1) is 11.1. The van der Waals surface area contributed by atoms with Crippen LogP contribution >= 0.6 is 46.5 Å². The summed E-state index contributed by atoms with van der Waals surface area (Å²) in [6.45, 7) is 4.08. The van der Waals surface area contributed by atoms with Crippen LogP contribution in [0, 0.1) is 0 Å². The van der Waals surface area contributed by atoms with Crippen molar-refractivity contribution in [3.05, 3.63) is 34.9 Å². The van der Waals surface area contributed by atoms with Gasteiger partial charge in [-0.15, -0.1) is 10.2 Å². The van der Waals surface area contributed by atoms with E-state index < -0.39 is 0 Å². The molecule has 0 saturated carbocycles. The van der Waals surface area contributed by atoms with Crippen LogP contribution in [0.1, 0.15) is 31.9 Å². The predicted octanol–water partition coefficient (Wildman–Crippen LogP) is 4.66. The van der Waals surface area contributed by atoms with Gasteiger partial charge < -0.3 is 5.32 Å². The first kappa shape index (κ1) is 18.6. The summed E-state index contributed by atoms with van der Waals surface area (Å²) >= 11 is 10.6. The molecule has 0 aliphatic rings. The van der Waals surface area contributed by atoms with Crippen molar-refractivity contribution >= 4 is 52.4 Å². The molecule has 2 aromatic rings. The minimum atomic E-state index is -0.0770. The molecule has 1 amide bonds. The lowest BCUT2D eigenvalue weighted by atomic mass is 10.1. The zero-order valence-electron chi connectivity index (χ0n) is 12.9. The number of hydrogen-bond donors (Lipinski definition) is 1. The number of carbonyl (C=O) groups excluding carboxylic acids is 1. The number of amides is 1. The van der Waals surface area contributed by atoms with Gasteiger partial charge in [0.2, 0.25) is 5.91 Å². The monoisotopic (exact) mass is 387 g/mol. The van der Waals surface area contributed by atoms with Gasteiger partial charge in [-0.25, -0.2) is 0 Å².